The van der Waals surface area contributed by atoms with Gasteiger partial charge >= 0.3 is 0 Å². The number of methoxy groups -OCH3 is 2. The molecular weight excluding hydrogens is 438 g/mol. The zero-order valence-electron chi connectivity index (χ0n) is 21.4. The van der Waals surface area contributed by atoms with Gasteiger partial charge in [0.15, 0.2) is 0 Å². The molecule has 1 N–H and O–H groups in total. The number of benzene rings is 2. The van der Waals surface area contributed by atoms with Crippen molar-refractivity contribution in [3.8, 4) is 11.5 Å². The van der Waals surface area contributed by atoms with Gasteiger partial charge in [-0.3, -0.25) is 4.79 Å². The summed E-state index contributed by atoms with van der Waals surface area (Å²) in [5, 5.41) is 4.00. The third kappa shape index (κ3) is 3.77. The van der Waals surface area contributed by atoms with Crippen LogP contribution in [-0.2, 0) is 0 Å². The van der Waals surface area contributed by atoms with Gasteiger partial charge in [-0.15, -0.1) is 5.73 Å². The molecule has 1 saturated heterocycles. The van der Waals surface area contributed by atoms with Crippen LogP contribution in [0, 0.1) is 0 Å². The molecule has 184 valence electrons. The molecule has 3 heterocycles. The molecule has 1 amide bonds. The molecule has 0 saturated carbocycles. The van der Waals surface area contributed by atoms with Crippen LogP contribution in [0.15, 0.2) is 54.4 Å². The van der Waals surface area contributed by atoms with Crippen molar-refractivity contribution >= 4 is 17.3 Å². The molecule has 0 aromatic heterocycles. The normalized spacial score (nSPS) is 22.0. The molecule has 6 nitrogen and oxygen atoms in total. The fraction of sp³-hybridized carbons (Fsp3) is 0.448. The lowest BCUT2D eigenvalue weighted by Gasteiger charge is -2.61. The molecule has 1 atom stereocenters. The van der Waals surface area contributed by atoms with Gasteiger partial charge in [0.05, 0.1) is 36.7 Å². The number of carbonyl (C=O) groups is 1. The lowest BCUT2D eigenvalue weighted by Crippen LogP contribution is -2.70. The topological polar surface area (TPSA) is 54.0 Å². The van der Waals surface area contributed by atoms with Crippen molar-refractivity contribution in [1.29, 1.82) is 0 Å². The standard InChI is InChI=1S/C29H35N3O3/c1-20(2)21-8-9-26-25(18-21)30-29(28(3)10-6-7-13-32(26)28)11-14-31(15-12-29)27(33)22-16-23(34-4)19-24(17-22)35-5/h6,8-9,13,16-20,30H,10-12,14-15H2,1-5H3. The summed E-state index contributed by atoms with van der Waals surface area (Å²) in [6.45, 7) is 8.16. The Hall–Kier alpha value is -3.37. The van der Waals surface area contributed by atoms with Crippen molar-refractivity contribution in [1.82, 2.24) is 4.90 Å². The van der Waals surface area contributed by atoms with Gasteiger partial charge in [0.25, 0.3) is 5.91 Å². The van der Waals surface area contributed by atoms with Crippen LogP contribution < -0.4 is 19.7 Å². The molecule has 0 aliphatic carbocycles. The average Bonchev–Trinajstić information content (AvgIpc) is 2.88. The summed E-state index contributed by atoms with van der Waals surface area (Å²) in [4.78, 5) is 17.8. The van der Waals surface area contributed by atoms with Gasteiger partial charge < -0.3 is 24.6 Å². The highest BCUT2D eigenvalue weighted by Crippen LogP contribution is 2.51. The minimum Gasteiger partial charge on any atom is -0.497 e. The van der Waals surface area contributed by atoms with Crippen LogP contribution >= 0.6 is 0 Å². The van der Waals surface area contributed by atoms with E-state index in [1.165, 1.54) is 16.9 Å². The van der Waals surface area contributed by atoms with Gasteiger partial charge in [-0.2, -0.15) is 0 Å². The minimum absolute atomic E-state index is 0.0146. The summed E-state index contributed by atoms with van der Waals surface area (Å²) in [6.07, 6.45) is 6.87. The van der Waals surface area contributed by atoms with E-state index in [4.69, 9.17) is 9.47 Å². The van der Waals surface area contributed by atoms with Crippen molar-refractivity contribution in [3.05, 3.63) is 65.5 Å². The number of likely N-dealkylation sites (tertiary alicyclic amines) is 1. The maximum absolute atomic E-state index is 13.4. The Morgan fingerprint density at radius 3 is 2.37 bits per heavy atom. The van der Waals surface area contributed by atoms with E-state index in [1.54, 1.807) is 32.4 Å². The van der Waals surface area contributed by atoms with E-state index in [-0.39, 0.29) is 17.0 Å². The maximum Gasteiger partial charge on any atom is 0.254 e. The molecule has 3 aliphatic rings. The van der Waals surface area contributed by atoms with Crippen molar-refractivity contribution < 1.29 is 14.3 Å². The van der Waals surface area contributed by atoms with Crippen molar-refractivity contribution in [3.63, 3.8) is 0 Å². The first-order chi connectivity index (χ1) is 16.8. The fourth-order valence-electron chi connectivity index (χ4n) is 5.87. The summed E-state index contributed by atoms with van der Waals surface area (Å²) in [5.74, 6) is 1.72. The first-order valence-electron chi connectivity index (χ1n) is 12.5. The van der Waals surface area contributed by atoms with E-state index >= 15 is 0 Å². The lowest BCUT2D eigenvalue weighted by molar-refractivity contribution is 0.0619. The maximum atomic E-state index is 13.4. The smallest absolute Gasteiger partial charge is 0.254 e. The number of carbonyl (C=O) groups excluding carboxylic acids is 1. The second-order valence-corrected chi connectivity index (χ2v) is 10.4. The molecule has 6 heteroatoms. The Morgan fingerprint density at radius 1 is 1.06 bits per heavy atom. The van der Waals surface area contributed by atoms with Crippen LogP contribution in [0.3, 0.4) is 0 Å². The Balaban J connectivity index is 1.44. The second kappa shape index (κ2) is 8.69. The van der Waals surface area contributed by atoms with E-state index < -0.39 is 0 Å². The van der Waals surface area contributed by atoms with Crippen LogP contribution in [0.25, 0.3) is 0 Å². The van der Waals surface area contributed by atoms with Crippen LogP contribution in [0.4, 0.5) is 11.4 Å². The molecule has 3 aliphatic heterocycles. The van der Waals surface area contributed by atoms with Gasteiger partial charge in [-0.05, 0) is 68.0 Å². The minimum atomic E-state index is -0.159. The SMILES string of the molecule is COc1cc(OC)cc(C(=O)N2CCC3(CC2)Nc2cc(C(C)C)ccc2N2C=C=CCC23C)c1. The summed E-state index contributed by atoms with van der Waals surface area (Å²) < 4.78 is 10.8. The molecule has 1 unspecified atom stereocenters. The number of anilines is 2. The predicted octanol–water partition coefficient (Wildman–Crippen LogP) is 5.57. The number of nitrogens with zero attached hydrogens (tertiary/aromatic N) is 2. The number of amides is 1. The van der Waals surface area contributed by atoms with E-state index in [1.807, 2.05) is 4.90 Å². The Labute approximate surface area is 208 Å². The number of hydrogen-bond acceptors (Lipinski definition) is 5. The number of rotatable bonds is 4. The summed E-state index contributed by atoms with van der Waals surface area (Å²) >= 11 is 0. The zero-order chi connectivity index (χ0) is 24.8. The molecular formula is C29H35N3O3. The van der Waals surface area contributed by atoms with Crippen molar-refractivity contribution in [2.45, 2.75) is 57.0 Å². The number of ether oxygens (including phenoxy) is 2. The number of fused-ring (bicyclic) bond motifs is 4. The van der Waals surface area contributed by atoms with Gasteiger partial charge in [0.1, 0.15) is 11.5 Å². The first-order valence-corrected chi connectivity index (χ1v) is 12.5. The molecule has 35 heavy (non-hydrogen) atoms. The summed E-state index contributed by atoms with van der Waals surface area (Å²) in [6, 6.07) is 12.1. The zero-order valence-corrected chi connectivity index (χ0v) is 21.4. The highest BCUT2D eigenvalue weighted by Gasteiger charge is 2.56. The van der Waals surface area contributed by atoms with Crippen molar-refractivity contribution in [2.24, 2.45) is 0 Å². The van der Waals surface area contributed by atoms with Crippen LogP contribution in [0.5, 0.6) is 11.5 Å². The molecule has 5 rings (SSSR count). The van der Waals surface area contributed by atoms with Gasteiger partial charge in [-0.1, -0.05) is 19.9 Å². The highest BCUT2D eigenvalue weighted by molar-refractivity contribution is 5.95. The number of piperidine rings is 1. The summed E-state index contributed by atoms with van der Waals surface area (Å²) in [7, 11) is 3.20. The molecule has 1 spiro atoms. The quantitative estimate of drug-likeness (QED) is 0.589. The predicted molar refractivity (Wildman–Crippen MR) is 140 cm³/mol. The fourth-order valence-corrected chi connectivity index (χ4v) is 5.87. The Bertz CT molecular complexity index is 1180. The largest absolute Gasteiger partial charge is 0.497 e. The molecule has 2 aromatic carbocycles. The molecule has 0 bridgehead atoms. The van der Waals surface area contributed by atoms with E-state index in [9.17, 15) is 4.79 Å². The third-order valence-corrected chi connectivity index (χ3v) is 8.21. The van der Waals surface area contributed by atoms with Crippen LogP contribution in [0.2, 0.25) is 0 Å². The highest BCUT2D eigenvalue weighted by atomic mass is 16.5. The van der Waals surface area contributed by atoms with Gasteiger partial charge in [-0.25, -0.2) is 0 Å². The Morgan fingerprint density at radius 2 is 1.74 bits per heavy atom. The van der Waals surface area contributed by atoms with Gasteiger partial charge in [0, 0.05) is 30.9 Å². The van der Waals surface area contributed by atoms with E-state index in [0.717, 1.165) is 19.3 Å². The Kier molecular flexibility index (Phi) is 5.80. The molecule has 2 aromatic rings. The monoisotopic (exact) mass is 473 g/mol. The van der Waals surface area contributed by atoms with E-state index in [2.05, 4.69) is 67.2 Å². The molecule has 0 radical (unpaired) electrons. The first kappa shape index (κ1) is 23.4. The summed E-state index contributed by atoms with van der Waals surface area (Å²) in [5.41, 5.74) is 7.33. The van der Waals surface area contributed by atoms with E-state index in [0.29, 0.717) is 36.1 Å². The average molecular weight is 474 g/mol. The molecule has 1 fully saturated rings. The second-order valence-electron chi connectivity index (χ2n) is 10.4. The third-order valence-electron chi connectivity index (χ3n) is 8.21. The number of hydrogen-bond donors (Lipinski definition) is 1. The number of nitrogens with one attached hydrogen (secondary N) is 1. The lowest BCUT2D eigenvalue weighted by atomic mass is 9.66. The van der Waals surface area contributed by atoms with Crippen LogP contribution in [0.1, 0.15) is 61.9 Å². The van der Waals surface area contributed by atoms with Crippen molar-refractivity contribution in [2.75, 3.05) is 37.5 Å². The van der Waals surface area contributed by atoms with Gasteiger partial charge in [0.2, 0.25) is 0 Å². The van der Waals surface area contributed by atoms with Crippen LogP contribution in [-0.4, -0.2) is 49.2 Å².